The number of hydrogen-bond donors (Lipinski definition) is 1. The highest BCUT2D eigenvalue weighted by Crippen LogP contribution is 2.35. The highest BCUT2D eigenvalue weighted by atomic mass is 19.1. The molecule has 0 spiro atoms. The Balaban J connectivity index is 2.17. The van der Waals surface area contributed by atoms with E-state index in [1.54, 1.807) is 12.1 Å². The molecule has 1 aliphatic carbocycles. The van der Waals surface area contributed by atoms with Crippen LogP contribution < -0.4 is 0 Å². The molecule has 0 bridgehead atoms. The van der Waals surface area contributed by atoms with E-state index in [0.717, 1.165) is 44.1 Å². The third-order valence-corrected chi connectivity index (χ3v) is 5.12. The summed E-state index contributed by atoms with van der Waals surface area (Å²) in [5.41, 5.74) is 4.88. The van der Waals surface area contributed by atoms with Gasteiger partial charge in [0.2, 0.25) is 0 Å². The van der Waals surface area contributed by atoms with E-state index in [9.17, 15) is 14.3 Å². The molecule has 0 saturated heterocycles. The minimum absolute atomic E-state index is 0.0306. The summed E-state index contributed by atoms with van der Waals surface area (Å²) < 4.78 is 13.1. The lowest BCUT2D eigenvalue weighted by Crippen LogP contribution is -2.37. The van der Waals surface area contributed by atoms with Crippen LogP contribution in [0.5, 0.6) is 0 Å². The third-order valence-electron chi connectivity index (χ3n) is 5.12. The molecular formula is C22H30FNO2. The molecule has 1 aromatic rings. The highest BCUT2D eigenvalue weighted by Gasteiger charge is 2.26. The standard InChI is InChI=1S/C22H30FNO2/c1-4-6-16(2)20-7-5-8-21(20)24(15-22(25)26)17(3)9-10-18-11-13-19(23)14-12-18/h6,11-14,17H,4-5,7-10,15H2,1-3H3,(H,25,26)/b16-6+. The van der Waals surface area contributed by atoms with Crippen molar-refractivity contribution in [1.29, 1.82) is 0 Å². The molecule has 0 saturated carbocycles. The number of aliphatic carboxylic acids is 1. The first kappa shape index (κ1) is 20.2. The van der Waals surface area contributed by atoms with Gasteiger partial charge in [-0.05, 0) is 75.6 Å². The van der Waals surface area contributed by atoms with Gasteiger partial charge in [-0.2, -0.15) is 0 Å². The van der Waals surface area contributed by atoms with Gasteiger partial charge in [-0.3, -0.25) is 4.79 Å². The van der Waals surface area contributed by atoms with E-state index in [4.69, 9.17) is 0 Å². The van der Waals surface area contributed by atoms with Crippen LogP contribution in [0.2, 0.25) is 0 Å². The summed E-state index contributed by atoms with van der Waals surface area (Å²) >= 11 is 0. The van der Waals surface area contributed by atoms with Gasteiger partial charge >= 0.3 is 5.97 Å². The topological polar surface area (TPSA) is 40.5 Å². The maximum absolute atomic E-state index is 13.1. The van der Waals surface area contributed by atoms with Crippen LogP contribution in [0.15, 0.2) is 47.2 Å². The van der Waals surface area contributed by atoms with Crippen molar-refractivity contribution in [1.82, 2.24) is 4.90 Å². The van der Waals surface area contributed by atoms with E-state index < -0.39 is 5.97 Å². The van der Waals surface area contributed by atoms with Crippen LogP contribution >= 0.6 is 0 Å². The molecule has 26 heavy (non-hydrogen) atoms. The molecule has 0 radical (unpaired) electrons. The molecule has 0 heterocycles. The SMILES string of the molecule is CC/C=C(\C)C1=C(N(CC(=O)O)C(C)CCc2ccc(F)cc2)CCC1. The number of benzene rings is 1. The van der Waals surface area contributed by atoms with Gasteiger partial charge in [-0.1, -0.05) is 30.7 Å². The van der Waals surface area contributed by atoms with Crippen molar-refractivity contribution in [3.63, 3.8) is 0 Å². The fourth-order valence-electron chi connectivity index (χ4n) is 3.74. The fraction of sp³-hybridized carbons (Fsp3) is 0.500. The van der Waals surface area contributed by atoms with Gasteiger partial charge in [0.15, 0.2) is 0 Å². The zero-order valence-electron chi connectivity index (χ0n) is 16.1. The Bertz CT molecular complexity index is 676. The summed E-state index contributed by atoms with van der Waals surface area (Å²) in [7, 11) is 0. The van der Waals surface area contributed by atoms with Gasteiger partial charge < -0.3 is 10.0 Å². The van der Waals surface area contributed by atoms with Gasteiger partial charge in [0.1, 0.15) is 12.4 Å². The largest absolute Gasteiger partial charge is 0.480 e. The van der Waals surface area contributed by atoms with Crippen LogP contribution in [0.25, 0.3) is 0 Å². The summed E-state index contributed by atoms with van der Waals surface area (Å²) in [5.74, 6) is -1.03. The van der Waals surface area contributed by atoms with E-state index in [1.807, 2.05) is 0 Å². The monoisotopic (exact) mass is 359 g/mol. The predicted octanol–water partition coefficient (Wildman–Crippen LogP) is 5.33. The van der Waals surface area contributed by atoms with Gasteiger partial charge in [0.05, 0.1) is 0 Å². The predicted molar refractivity (Wildman–Crippen MR) is 103 cm³/mol. The van der Waals surface area contributed by atoms with Gasteiger partial charge in [0, 0.05) is 11.7 Å². The summed E-state index contributed by atoms with van der Waals surface area (Å²) in [6.45, 7) is 6.38. The molecule has 1 unspecified atom stereocenters. The van der Waals surface area contributed by atoms with Crippen molar-refractivity contribution in [2.75, 3.05) is 6.54 Å². The Hall–Kier alpha value is -2.10. The number of aryl methyl sites for hydroxylation is 1. The molecule has 0 aromatic heterocycles. The minimum atomic E-state index is -0.797. The molecule has 142 valence electrons. The number of nitrogens with zero attached hydrogens (tertiary/aromatic N) is 1. The van der Waals surface area contributed by atoms with Crippen molar-refractivity contribution in [3.05, 3.63) is 58.6 Å². The molecule has 1 atom stereocenters. The maximum Gasteiger partial charge on any atom is 0.323 e. The summed E-state index contributed by atoms with van der Waals surface area (Å²) in [4.78, 5) is 13.5. The van der Waals surface area contributed by atoms with Crippen LogP contribution in [-0.4, -0.2) is 28.6 Å². The lowest BCUT2D eigenvalue weighted by molar-refractivity contribution is -0.138. The van der Waals surface area contributed by atoms with E-state index in [1.165, 1.54) is 29.0 Å². The van der Waals surface area contributed by atoms with Crippen LogP contribution in [0.1, 0.15) is 58.4 Å². The molecule has 3 nitrogen and oxygen atoms in total. The first-order chi connectivity index (χ1) is 12.4. The second-order valence-corrected chi connectivity index (χ2v) is 7.11. The zero-order valence-corrected chi connectivity index (χ0v) is 16.1. The number of carboxylic acid groups (broad SMARTS) is 1. The lowest BCUT2D eigenvalue weighted by Gasteiger charge is -2.32. The smallest absolute Gasteiger partial charge is 0.323 e. The second-order valence-electron chi connectivity index (χ2n) is 7.11. The number of hydrogen-bond acceptors (Lipinski definition) is 2. The van der Waals surface area contributed by atoms with Crippen molar-refractivity contribution >= 4 is 5.97 Å². The molecule has 4 heteroatoms. The minimum Gasteiger partial charge on any atom is -0.480 e. The van der Waals surface area contributed by atoms with Crippen LogP contribution in [0, 0.1) is 5.82 Å². The Labute approximate surface area is 156 Å². The number of carboxylic acids is 1. The van der Waals surface area contributed by atoms with Crippen molar-refractivity contribution < 1.29 is 14.3 Å². The quantitative estimate of drug-likeness (QED) is 0.648. The average molecular weight is 359 g/mol. The van der Waals surface area contributed by atoms with E-state index in [-0.39, 0.29) is 18.4 Å². The Morgan fingerprint density at radius 3 is 2.62 bits per heavy atom. The third kappa shape index (κ3) is 5.45. The summed E-state index contributed by atoms with van der Waals surface area (Å²) in [6, 6.07) is 6.68. The Morgan fingerprint density at radius 2 is 2.00 bits per heavy atom. The number of rotatable bonds is 9. The summed E-state index contributed by atoms with van der Waals surface area (Å²) in [5, 5.41) is 9.42. The van der Waals surface area contributed by atoms with Crippen LogP contribution in [-0.2, 0) is 11.2 Å². The zero-order chi connectivity index (χ0) is 19.1. The van der Waals surface area contributed by atoms with E-state index in [2.05, 4.69) is 31.7 Å². The first-order valence-electron chi connectivity index (χ1n) is 9.54. The van der Waals surface area contributed by atoms with Crippen molar-refractivity contribution in [2.24, 2.45) is 0 Å². The van der Waals surface area contributed by atoms with Crippen LogP contribution in [0.3, 0.4) is 0 Å². The van der Waals surface area contributed by atoms with E-state index >= 15 is 0 Å². The molecule has 0 amide bonds. The molecule has 1 aliphatic rings. The molecule has 0 fully saturated rings. The fourth-order valence-corrected chi connectivity index (χ4v) is 3.74. The number of allylic oxidation sites excluding steroid dienone is 4. The van der Waals surface area contributed by atoms with Crippen molar-refractivity contribution in [2.45, 2.75) is 65.3 Å². The molecule has 1 aromatic carbocycles. The lowest BCUT2D eigenvalue weighted by atomic mass is 10.0. The first-order valence-corrected chi connectivity index (χ1v) is 9.54. The normalized spacial score (nSPS) is 16.1. The Kier molecular flexibility index (Phi) is 7.43. The van der Waals surface area contributed by atoms with Crippen molar-refractivity contribution in [3.8, 4) is 0 Å². The van der Waals surface area contributed by atoms with Gasteiger partial charge in [0.25, 0.3) is 0 Å². The molecule has 1 N–H and O–H groups in total. The van der Waals surface area contributed by atoms with E-state index in [0.29, 0.717) is 0 Å². The molecule has 0 aliphatic heterocycles. The Morgan fingerprint density at radius 1 is 1.31 bits per heavy atom. The second kappa shape index (κ2) is 9.56. The molecule has 2 rings (SSSR count). The van der Waals surface area contributed by atoms with Gasteiger partial charge in [-0.25, -0.2) is 4.39 Å². The number of halogens is 1. The average Bonchev–Trinajstić information content (AvgIpc) is 3.08. The van der Waals surface area contributed by atoms with Crippen LogP contribution in [0.4, 0.5) is 4.39 Å². The maximum atomic E-state index is 13.1. The molecular weight excluding hydrogens is 329 g/mol. The number of carbonyl (C=O) groups is 1. The van der Waals surface area contributed by atoms with Gasteiger partial charge in [-0.15, -0.1) is 0 Å². The highest BCUT2D eigenvalue weighted by molar-refractivity contribution is 5.69. The summed E-state index contributed by atoms with van der Waals surface area (Å²) in [6.07, 6.45) is 7.91.